The van der Waals surface area contributed by atoms with Crippen LogP contribution in [-0.4, -0.2) is 49.0 Å². The molecule has 1 atom stereocenters. The summed E-state index contributed by atoms with van der Waals surface area (Å²) in [5, 5.41) is 15.2. The Bertz CT molecular complexity index is 707. The minimum absolute atomic E-state index is 0.0609. The van der Waals surface area contributed by atoms with Crippen LogP contribution in [0.25, 0.3) is 0 Å². The molecule has 0 radical (unpaired) electrons. The van der Waals surface area contributed by atoms with Crippen LogP contribution in [0.3, 0.4) is 0 Å². The molecule has 7 nitrogen and oxygen atoms in total. The van der Waals surface area contributed by atoms with Gasteiger partial charge in [0.15, 0.2) is 0 Å². The summed E-state index contributed by atoms with van der Waals surface area (Å²) >= 11 is 0. The number of carbonyl (C=O) groups is 2. The first-order valence-corrected chi connectivity index (χ1v) is 9.26. The van der Waals surface area contributed by atoms with Crippen molar-refractivity contribution in [3.63, 3.8) is 0 Å². The number of rotatable bonds is 7. The Kier molecular flexibility index (Phi) is 7.19. The van der Waals surface area contributed by atoms with Gasteiger partial charge >= 0.3 is 0 Å². The highest BCUT2D eigenvalue weighted by molar-refractivity contribution is 5.93. The van der Waals surface area contributed by atoms with Gasteiger partial charge in [0.25, 0.3) is 0 Å². The van der Waals surface area contributed by atoms with Crippen LogP contribution in [0.1, 0.15) is 39.0 Å². The molecule has 0 spiro atoms. The standard InChI is InChI=1S/C20H28N4O3/c1-15(19(26)23-20(14-21)10-5-4-6-11-20)24(2)13-18(25)22-16-8-7-9-17(12-16)27-3/h7-9,12,15H,4-6,10-11,13H2,1-3H3,(H,22,25)(H,23,26)/t15-/m1/s1. The summed E-state index contributed by atoms with van der Waals surface area (Å²) in [6.45, 7) is 1.80. The van der Waals surface area contributed by atoms with Crippen LogP contribution in [0.15, 0.2) is 24.3 Å². The lowest BCUT2D eigenvalue weighted by Crippen LogP contribution is -2.55. The fraction of sp³-hybridized carbons (Fsp3) is 0.550. The number of nitriles is 1. The van der Waals surface area contributed by atoms with E-state index >= 15 is 0 Å². The second-order valence-electron chi connectivity index (χ2n) is 7.12. The zero-order chi connectivity index (χ0) is 19.9. The van der Waals surface area contributed by atoms with Gasteiger partial charge in [0, 0.05) is 11.8 Å². The zero-order valence-corrected chi connectivity index (χ0v) is 16.2. The highest BCUT2D eigenvalue weighted by Gasteiger charge is 2.35. The molecule has 1 saturated carbocycles. The number of benzene rings is 1. The van der Waals surface area contributed by atoms with Crippen molar-refractivity contribution >= 4 is 17.5 Å². The number of amides is 2. The van der Waals surface area contributed by atoms with Crippen LogP contribution in [-0.2, 0) is 9.59 Å². The fourth-order valence-electron chi connectivity index (χ4n) is 3.23. The van der Waals surface area contributed by atoms with E-state index in [1.165, 1.54) is 0 Å². The second-order valence-corrected chi connectivity index (χ2v) is 7.12. The summed E-state index contributed by atoms with van der Waals surface area (Å²) in [6.07, 6.45) is 4.35. The Balaban J connectivity index is 1.89. The number of nitrogens with one attached hydrogen (secondary N) is 2. The molecule has 0 heterocycles. The largest absolute Gasteiger partial charge is 0.497 e. The van der Waals surface area contributed by atoms with E-state index in [9.17, 15) is 14.9 Å². The lowest BCUT2D eigenvalue weighted by Gasteiger charge is -2.34. The van der Waals surface area contributed by atoms with Crippen LogP contribution in [0.5, 0.6) is 5.75 Å². The maximum atomic E-state index is 12.6. The van der Waals surface area contributed by atoms with Crippen molar-refractivity contribution in [2.75, 3.05) is 26.0 Å². The first-order valence-electron chi connectivity index (χ1n) is 9.26. The van der Waals surface area contributed by atoms with Gasteiger partial charge in [0.1, 0.15) is 11.3 Å². The third-order valence-electron chi connectivity index (χ3n) is 5.07. The van der Waals surface area contributed by atoms with Crippen LogP contribution in [0.2, 0.25) is 0 Å². The summed E-state index contributed by atoms with van der Waals surface area (Å²) in [6, 6.07) is 8.86. The summed E-state index contributed by atoms with van der Waals surface area (Å²) in [5.41, 5.74) is -0.136. The maximum Gasteiger partial charge on any atom is 0.238 e. The van der Waals surface area contributed by atoms with Crippen molar-refractivity contribution < 1.29 is 14.3 Å². The molecule has 0 bridgehead atoms. The number of ether oxygens (including phenoxy) is 1. The third kappa shape index (κ3) is 5.69. The summed E-state index contributed by atoms with van der Waals surface area (Å²) in [4.78, 5) is 26.5. The number of anilines is 1. The van der Waals surface area contributed by atoms with Gasteiger partial charge in [-0.2, -0.15) is 5.26 Å². The fourth-order valence-corrected chi connectivity index (χ4v) is 3.23. The maximum absolute atomic E-state index is 12.6. The van der Waals surface area contributed by atoms with Crippen LogP contribution in [0.4, 0.5) is 5.69 Å². The average molecular weight is 372 g/mol. The molecule has 2 N–H and O–H groups in total. The van der Waals surface area contributed by atoms with Gasteiger partial charge in [-0.05, 0) is 38.9 Å². The van der Waals surface area contributed by atoms with Crippen molar-refractivity contribution in [3.8, 4) is 11.8 Å². The average Bonchev–Trinajstić information content (AvgIpc) is 2.67. The highest BCUT2D eigenvalue weighted by atomic mass is 16.5. The number of nitrogens with zero attached hydrogens (tertiary/aromatic N) is 2. The van der Waals surface area contributed by atoms with Gasteiger partial charge < -0.3 is 15.4 Å². The van der Waals surface area contributed by atoms with E-state index in [1.54, 1.807) is 50.2 Å². The molecule has 0 saturated heterocycles. The molecule has 0 aromatic heterocycles. The third-order valence-corrected chi connectivity index (χ3v) is 5.07. The van der Waals surface area contributed by atoms with Gasteiger partial charge in [-0.25, -0.2) is 0 Å². The van der Waals surface area contributed by atoms with Crippen LogP contribution >= 0.6 is 0 Å². The molecule has 1 aliphatic carbocycles. The van der Waals surface area contributed by atoms with E-state index in [0.29, 0.717) is 24.3 Å². The molecule has 2 amide bonds. The minimum atomic E-state index is -0.771. The van der Waals surface area contributed by atoms with E-state index in [1.807, 2.05) is 0 Å². The SMILES string of the molecule is COc1cccc(NC(=O)CN(C)[C@H](C)C(=O)NC2(C#N)CCCCC2)c1. The van der Waals surface area contributed by atoms with Crippen molar-refractivity contribution in [3.05, 3.63) is 24.3 Å². The Labute approximate surface area is 160 Å². The molecule has 27 heavy (non-hydrogen) atoms. The lowest BCUT2D eigenvalue weighted by molar-refractivity contribution is -0.128. The molecule has 1 aromatic rings. The molecule has 1 aromatic carbocycles. The number of likely N-dealkylation sites (N-methyl/N-ethyl adjacent to an activating group) is 1. The van der Waals surface area contributed by atoms with E-state index in [0.717, 1.165) is 19.3 Å². The molecule has 1 aliphatic rings. The molecule has 146 valence electrons. The first kappa shape index (κ1) is 20.7. The van der Waals surface area contributed by atoms with Crippen molar-refractivity contribution in [1.29, 1.82) is 5.26 Å². The van der Waals surface area contributed by atoms with Gasteiger partial charge in [0.2, 0.25) is 11.8 Å². The molecule has 1 fully saturated rings. The number of hydrogen-bond acceptors (Lipinski definition) is 5. The van der Waals surface area contributed by atoms with Crippen molar-refractivity contribution in [2.24, 2.45) is 0 Å². The molecular formula is C20H28N4O3. The number of hydrogen-bond donors (Lipinski definition) is 2. The molecule has 7 heteroatoms. The quantitative estimate of drug-likeness (QED) is 0.766. The topological polar surface area (TPSA) is 94.5 Å². The zero-order valence-electron chi connectivity index (χ0n) is 16.2. The summed E-state index contributed by atoms with van der Waals surface area (Å²) in [5.74, 6) is 0.205. The van der Waals surface area contributed by atoms with Gasteiger partial charge in [0.05, 0.1) is 25.8 Å². The van der Waals surface area contributed by atoms with Gasteiger partial charge in [-0.15, -0.1) is 0 Å². The Hall–Kier alpha value is -2.59. The summed E-state index contributed by atoms with van der Waals surface area (Å²) < 4.78 is 5.14. The number of methoxy groups -OCH3 is 1. The van der Waals surface area contributed by atoms with Crippen LogP contribution in [0, 0.1) is 11.3 Å². The van der Waals surface area contributed by atoms with E-state index in [-0.39, 0.29) is 18.4 Å². The Morgan fingerprint density at radius 3 is 2.67 bits per heavy atom. The predicted molar refractivity (Wildman–Crippen MR) is 103 cm³/mol. The number of carbonyl (C=O) groups excluding carboxylic acids is 2. The minimum Gasteiger partial charge on any atom is -0.497 e. The first-order chi connectivity index (χ1) is 12.9. The highest BCUT2D eigenvalue weighted by Crippen LogP contribution is 2.27. The van der Waals surface area contributed by atoms with Crippen molar-refractivity contribution in [1.82, 2.24) is 10.2 Å². The predicted octanol–water partition coefficient (Wildman–Crippen LogP) is 2.30. The monoisotopic (exact) mass is 372 g/mol. The van der Waals surface area contributed by atoms with E-state index in [4.69, 9.17) is 4.74 Å². The summed E-state index contributed by atoms with van der Waals surface area (Å²) in [7, 11) is 3.28. The molecule has 2 rings (SSSR count). The second kappa shape index (κ2) is 9.38. The van der Waals surface area contributed by atoms with Crippen LogP contribution < -0.4 is 15.4 Å². The van der Waals surface area contributed by atoms with Crippen molar-refractivity contribution in [2.45, 2.75) is 50.6 Å². The smallest absolute Gasteiger partial charge is 0.238 e. The molecular weight excluding hydrogens is 344 g/mol. The Morgan fingerprint density at radius 1 is 1.33 bits per heavy atom. The molecule has 0 aliphatic heterocycles. The van der Waals surface area contributed by atoms with Gasteiger partial charge in [-0.1, -0.05) is 25.3 Å². The van der Waals surface area contributed by atoms with Gasteiger partial charge in [-0.3, -0.25) is 14.5 Å². The van der Waals surface area contributed by atoms with E-state index < -0.39 is 11.6 Å². The Morgan fingerprint density at radius 2 is 2.04 bits per heavy atom. The lowest BCUT2D eigenvalue weighted by atomic mass is 9.82. The van der Waals surface area contributed by atoms with E-state index in [2.05, 4.69) is 16.7 Å². The molecule has 0 unspecified atom stereocenters. The normalized spacial score (nSPS) is 16.9.